The van der Waals surface area contributed by atoms with Crippen LogP contribution in [-0.2, 0) is 0 Å². The van der Waals surface area contributed by atoms with E-state index in [0.29, 0.717) is 5.69 Å². The fourth-order valence-corrected chi connectivity index (χ4v) is 2.00. The molecule has 18 heavy (non-hydrogen) atoms. The maximum Gasteiger partial charge on any atom is 0.163 e. The highest BCUT2D eigenvalue weighted by molar-refractivity contribution is 5.54. The molecule has 2 rings (SSSR count). The Bertz CT molecular complexity index is 595. The summed E-state index contributed by atoms with van der Waals surface area (Å²) in [7, 11) is 0. The Morgan fingerprint density at radius 1 is 1.44 bits per heavy atom. The monoisotopic (exact) mass is 241 g/mol. The van der Waals surface area contributed by atoms with Gasteiger partial charge in [-0.25, -0.2) is 4.98 Å². The molecule has 1 atom stereocenters. The molecule has 4 nitrogen and oxygen atoms in total. The molecule has 2 heterocycles. The van der Waals surface area contributed by atoms with Crippen molar-refractivity contribution in [1.82, 2.24) is 4.98 Å². The first-order valence-corrected chi connectivity index (χ1v) is 5.80. The maximum absolute atomic E-state index is 8.99. The lowest BCUT2D eigenvalue weighted by molar-refractivity contribution is 0.500. The van der Waals surface area contributed by atoms with E-state index in [0.717, 1.165) is 22.8 Å². The molecule has 0 aromatic carbocycles. The van der Waals surface area contributed by atoms with Crippen molar-refractivity contribution in [3.8, 4) is 6.07 Å². The van der Waals surface area contributed by atoms with Gasteiger partial charge in [0, 0.05) is 11.8 Å². The summed E-state index contributed by atoms with van der Waals surface area (Å²) in [4.78, 5) is 4.02. The Balaban J connectivity index is 2.24. The van der Waals surface area contributed by atoms with Crippen LogP contribution in [-0.4, -0.2) is 4.98 Å². The Hall–Kier alpha value is -2.28. The Morgan fingerprint density at radius 2 is 2.22 bits per heavy atom. The molecule has 4 heteroatoms. The summed E-state index contributed by atoms with van der Waals surface area (Å²) in [6.45, 7) is 5.90. The molecular weight excluding hydrogens is 226 g/mol. The van der Waals surface area contributed by atoms with E-state index in [1.165, 1.54) is 0 Å². The third kappa shape index (κ3) is 2.35. The molecule has 0 bridgehead atoms. The zero-order valence-electron chi connectivity index (χ0n) is 10.7. The van der Waals surface area contributed by atoms with Crippen LogP contribution >= 0.6 is 0 Å². The van der Waals surface area contributed by atoms with Crippen LogP contribution < -0.4 is 5.32 Å². The van der Waals surface area contributed by atoms with Crippen LogP contribution in [0.5, 0.6) is 0 Å². The SMILES string of the molecule is Cc1cc(C(C)Nc2cccnc2C#N)c(C)o1. The topological polar surface area (TPSA) is 61.9 Å². The van der Waals surface area contributed by atoms with Crippen LogP contribution in [0, 0.1) is 25.2 Å². The summed E-state index contributed by atoms with van der Waals surface area (Å²) in [6, 6.07) is 7.81. The Labute approximate surface area is 106 Å². The molecule has 1 N–H and O–H groups in total. The lowest BCUT2D eigenvalue weighted by Crippen LogP contribution is -2.08. The molecule has 2 aromatic heterocycles. The van der Waals surface area contributed by atoms with Crippen molar-refractivity contribution < 1.29 is 4.42 Å². The zero-order valence-corrected chi connectivity index (χ0v) is 10.7. The predicted octanol–water partition coefficient (Wildman–Crippen LogP) is 3.34. The Kier molecular flexibility index (Phi) is 3.33. The number of hydrogen-bond donors (Lipinski definition) is 1. The molecule has 1 unspecified atom stereocenters. The molecule has 92 valence electrons. The van der Waals surface area contributed by atoms with E-state index in [9.17, 15) is 0 Å². The summed E-state index contributed by atoms with van der Waals surface area (Å²) in [6.07, 6.45) is 1.61. The van der Waals surface area contributed by atoms with Crippen LogP contribution in [0.4, 0.5) is 5.69 Å². The molecule has 0 amide bonds. The number of nitrogens with zero attached hydrogens (tertiary/aromatic N) is 2. The molecule has 0 aliphatic heterocycles. The minimum Gasteiger partial charge on any atom is -0.466 e. The number of aryl methyl sites for hydroxylation is 2. The van der Waals surface area contributed by atoms with Gasteiger partial charge in [-0.15, -0.1) is 0 Å². The molecule has 2 aromatic rings. The lowest BCUT2D eigenvalue weighted by Gasteiger charge is -2.15. The summed E-state index contributed by atoms with van der Waals surface area (Å²) in [5.74, 6) is 1.79. The molecular formula is C14H15N3O. The first-order valence-electron chi connectivity index (χ1n) is 5.80. The standard InChI is InChI=1S/C14H15N3O/c1-9-7-12(11(3)18-9)10(2)17-13-5-4-6-16-14(13)8-15/h4-7,10,17H,1-3H3. The van der Waals surface area contributed by atoms with Gasteiger partial charge in [0.05, 0.1) is 11.7 Å². The smallest absolute Gasteiger partial charge is 0.163 e. The first-order chi connectivity index (χ1) is 8.61. The quantitative estimate of drug-likeness (QED) is 0.895. The summed E-state index contributed by atoms with van der Waals surface area (Å²) < 4.78 is 5.51. The van der Waals surface area contributed by atoms with Gasteiger partial charge >= 0.3 is 0 Å². The average Bonchev–Trinajstić information content (AvgIpc) is 2.69. The number of furan rings is 1. The van der Waals surface area contributed by atoms with Gasteiger partial charge < -0.3 is 9.73 Å². The highest BCUT2D eigenvalue weighted by Gasteiger charge is 2.14. The predicted molar refractivity (Wildman–Crippen MR) is 69.2 cm³/mol. The molecule has 0 aliphatic carbocycles. The number of pyridine rings is 1. The summed E-state index contributed by atoms with van der Waals surface area (Å²) in [5, 5.41) is 12.3. The zero-order chi connectivity index (χ0) is 13.1. The van der Waals surface area contributed by atoms with Crippen molar-refractivity contribution in [2.75, 3.05) is 5.32 Å². The fourth-order valence-electron chi connectivity index (χ4n) is 2.00. The van der Waals surface area contributed by atoms with E-state index >= 15 is 0 Å². The highest BCUT2D eigenvalue weighted by atomic mass is 16.3. The maximum atomic E-state index is 8.99. The number of nitriles is 1. The number of rotatable bonds is 3. The molecule has 0 spiro atoms. The fraction of sp³-hybridized carbons (Fsp3) is 0.286. The van der Waals surface area contributed by atoms with Gasteiger partial charge in [-0.1, -0.05) is 0 Å². The first kappa shape index (κ1) is 12.2. The van der Waals surface area contributed by atoms with Gasteiger partial charge in [0.1, 0.15) is 17.6 Å². The van der Waals surface area contributed by atoms with E-state index in [-0.39, 0.29) is 6.04 Å². The number of nitrogens with one attached hydrogen (secondary N) is 1. The van der Waals surface area contributed by atoms with Crippen LogP contribution in [0.2, 0.25) is 0 Å². The van der Waals surface area contributed by atoms with Crippen LogP contribution in [0.25, 0.3) is 0 Å². The molecule has 0 fully saturated rings. The third-order valence-electron chi connectivity index (χ3n) is 2.83. The van der Waals surface area contributed by atoms with Gasteiger partial charge in [0.15, 0.2) is 5.69 Å². The van der Waals surface area contributed by atoms with Crippen molar-refractivity contribution in [2.24, 2.45) is 0 Å². The van der Waals surface area contributed by atoms with Crippen molar-refractivity contribution in [3.63, 3.8) is 0 Å². The number of hydrogen-bond acceptors (Lipinski definition) is 4. The van der Waals surface area contributed by atoms with Crippen LogP contribution in [0.1, 0.15) is 35.7 Å². The van der Waals surface area contributed by atoms with Gasteiger partial charge in [-0.3, -0.25) is 0 Å². The van der Waals surface area contributed by atoms with Crippen molar-refractivity contribution in [3.05, 3.63) is 47.2 Å². The molecule has 0 radical (unpaired) electrons. The van der Waals surface area contributed by atoms with E-state index in [2.05, 4.69) is 16.4 Å². The van der Waals surface area contributed by atoms with Crippen LogP contribution in [0.3, 0.4) is 0 Å². The van der Waals surface area contributed by atoms with E-state index in [1.54, 1.807) is 6.20 Å². The van der Waals surface area contributed by atoms with Gasteiger partial charge in [0.25, 0.3) is 0 Å². The molecule has 0 aliphatic rings. The van der Waals surface area contributed by atoms with Gasteiger partial charge in [0.2, 0.25) is 0 Å². The van der Waals surface area contributed by atoms with Crippen molar-refractivity contribution in [1.29, 1.82) is 5.26 Å². The summed E-state index contributed by atoms with van der Waals surface area (Å²) >= 11 is 0. The van der Waals surface area contributed by atoms with E-state index in [4.69, 9.17) is 9.68 Å². The second kappa shape index (κ2) is 4.92. The largest absolute Gasteiger partial charge is 0.466 e. The number of anilines is 1. The second-order valence-corrected chi connectivity index (χ2v) is 4.25. The lowest BCUT2D eigenvalue weighted by atomic mass is 10.1. The van der Waals surface area contributed by atoms with E-state index in [1.807, 2.05) is 39.0 Å². The van der Waals surface area contributed by atoms with Crippen LogP contribution in [0.15, 0.2) is 28.8 Å². The van der Waals surface area contributed by atoms with Gasteiger partial charge in [-0.05, 0) is 39.0 Å². The normalized spacial score (nSPS) is 11.9. The average molecular weight is 241 g/mol. The minimum absolute atomic E-state index is 0.0683. The van der Waals surface area contributed by atoms with E-state index < -0.39 is 0 Å². The van der Waals surface area contributed by atoms with Crippen molar-refractivity contribution in [2.45, 2.75) is 26.8 Å². The minimum atomic E-state index is 0.0683. The highest BCUT2D eigenvalue weighted by Crippen LogP contribution is 2.25. The number of aromatic nitrogens is 1. The van der Waals surface area contributed by atoms with Crippen molar-refractivity contribution >= 4 is 5.69 Å². The molecule has 0 saturated carbocycles. The molecule has 0 saturated heterocycles. The summed E-state index contributed by atoms with van der Waals surface area (Å²) in [5.41, 5.74) is 2.24. The third-order valence-corrected chi connectivity index (χ3v) is 2.83. The Morgan fingerprint density at radius 3 is 2.83 bits per heavy atom. The van der Waals surface area contributed by atoms with Gasteiger partial charge in [-0.2, -0.15) is 5.26 Å². The second-order valence-electron chi connectivity index (χ2n) is 4.25.